The molecule has 0 atom stereocenters. The van der Waals surface area contributed by atoms with Gasteiger partial charge in [0.25, 0.3) is 5.91 Å². The molecule has 0 aliphatic carbocycles. The van der Waals surface area contributed by atoms with Crippen LogP contribution in [0.1, 0.15) is 21.5 Å². The summed E-state index contributed by atoms with van der Waals surface area (Å²) in [4.78, 5) is 28.7. The number of nitrogens with zero attached hydrogens (tertiary/aromatic N) is 2. The molecule has 4 rings (SSSR count). The molecule has 5 nitrogen and oxygen atoms in total. The number of fused-ring (bicyclic) bond motifs is 1. The van der Waals surface area contributed by atoms with E-state index in [9.17, 15) is 9.59 Å². The number of hydrogen-bond donors (Lipinski definition) is 1. The lowest BCUT2D eigenvalue weighted by Crippen LogP contribution is -2.23. The molecule has 0 bridgehead atoms. The number of amides is 1. The van der Waals surface area contributed by atoms with Crippen LogP contribution in [0.4, 0.5) is 0 Å². The van der Waals surface area contributed by atoms with Crippen LogP contribution in [0.3, 0.4) is 0 Å². The van der Waals surface area contributed by atoms with Gasteiger partial charge in [-0.2, -0.15) is 0 Å². The zero-order valence-electron chi connectivity index (χ0n) is 15.6. The van der Waals surface area contributed by atoms with Crippen LogP contribution in [-0.2, 0) is 0 Å². The van der Waals surface area contributed by atoms with Crippen molar-refractivity contribution in [2.45, 2.75) is 13.8 Å². The number of pyridine rings is 2. The van der Waals surface area contributed by atoms with Gasteiger partial charge < -0.3 is 10.3 Å². The normalized spacial score (nSPS) is 10.9. The van der Waals surface area contributed by atoms with Gasteiger partial charge in [0.2, 0.25) is 5.43 Å². The number of benzene rings is 2. The Labute approximate surface area is 162 Å². The molecule has 0 fully saturated rings. The summed E-state index contributed by atoms with van der Waals surface area (Å²) in [7, 11) is 0. The van der Waals surface area contributed by atoms with Crippen LogP contribution in [0.5, 0.6) is 0 Å². The number of aryl methyl sites for hydroxylation is 2. The molecule has 2 aromatic heterocycles. The highest BCUT2D eigenvalue weighted by Gasteiger charge is 2.15. The van der Waals surface area contributed by atoms with Gasteiger partial charge in [-0.3, -0.25) is 14.6 Å². The van der Waals surface area contributed by atoms with Crippen molar-refractivity contribution in [3.63, 3.8) is 0 Å². The average Bonchev–Trinajstić information content (AvgIpc) is 2.70. The van der Waals surface area contributed by atoms with Gasteiger partial charge in [-0.25, -0.2) is 0 Å². The summed E-state index contributed by atoms with van der Waals surface area (Å²) in [6, 6.07) is 15.4. The Morgan fingerprint density at radius 3 is 2.36 bits per heavy atom. The van der Waals surface area contributed by atoms with Crippen molar-refractivity contribution >= 4 is 16.8 Å². The molecular formula is C23H19N3O2. The monoisotopic (exact) mass is 369 g/mol. The highest BCUT2D eigenvalue weighted by Crippen LogP contribution is 2.26. The largest absolute Gasteiger partial charge is 0.365 e. The molecule has 4 aromatic rings. The molecular weight excluding hydrogens is 350 g/mol. The number of rotatable bonds is 3. The Hall–Kier alpha value is -3.73. The van der Waals surface area contributed by atoms with E-state index in [1.807, 2.05) is 60.9 Å². The molecule has 0 aliphatic rings. The fraction of sp³-hybridized carbons (Fsp3) is 0.0870. The number of hydrogen-bond acceptors (Lipinski definition) is 3. The van der Waals surface area contributed by atoms with E-state index in [2.05, 4.69) is 4.98 Å². The summed E-state index contributed by atoms with van der Waals surface area (Å²) in [6.07, 6.45) is 4.99. The van der Waals surface area contributed by atoms with Crippen molar-refractivity contribution in [1.82, 2.24) is 9.55 Å². The first-order valence-corrected chi connectivity index (χ1v) is 8.93. The van der Waals surface area contributed by atoms with E-state index < -0.39 is 5.91 Å². The molecule has 0 radical (unpaired) electrons. The predicted octanol–water partition coefficient (Wildman–Crippen LogP) is 3.77. The van der Waals surface area contributed by atoms with E-state index in [0.717, 1.165) is 22.4 Å². The molecule has 0 unspecified atom stereocenters. The number of aromatic nitrogens is 2. The van der Waals surface area contributed by atoms with E-state index in [1.165, 1.54) is 11.8 Å². The first kappa shape index (κ1) is 17.7. The van der Waals surface area contributed by atoms with Crippen LogP contribution in [0.25, 0.3) is 27.7 Å². The molecule has 2 aromatic carbocycles. The van der Waals surface area contributed by atoms with E-state index in [4.69, 9.17) is 5.73 Å². The topological polar surface area (TPSA) is 78.0 Å². The Kier molecular flexibility index (Phi) is 4.28. The van der Waals surface area contributed by atoms with Crippen LogP contribution >= 0.6 is 0 Å². The summed E-state index contributed by atoms with van der Waals surface area (Å²) in [5.74, 6) is -0.734. The fourth-order valence-corrected chi connectivity index (χ4v) is 3.31. The Bertz CT molecular complexity index is 1270. The molecule has 0 saturated carbocycles. The van der Waals surface area contributed by atoms with Gasteiger partial charge in [-0.1, -0.05) is 12.1 Å². The summed E-state index contributed by atoms with van der Waals surface area (Å²) in [5.41, 5.74) is 10.9. The molecule has 2 heterocycles. The fourth-order valence-electron chi connectivity index (χ4n) is 3.31. The van der Waals surface area contributed by atoms with Crippen molar-refractivity contribution in [2.75, 3.05) is 0 Å². The summed E-state index contributed by atoms with van der Waals surface area (Å²) < 4.78 is 1.86. The Morgan fingerprint density at radius 1 is 0.929 bits per heavy atom. The zero-order chi connectivity index (χ0) is 19.8. The van der Waals surface area contributed by atoms with Crippen LogP contribution in [0.15, 0.2) is 71.9 Å². The molecule has 28 heavy (non-hydrogen) atoms. The maximum absolute atomic E-state index is 12.8. The maximum atomic E-state index is 12.8. The van der Waals surface area contributed by atoms with Crippen molar-refractivity contribution in [1.29, 1.82) is 0 Å². The summed E-state index contributed by atoms with van der Waals surface area (Å²) in [6.45, 7) is 4.07. The van der Waals surface area contributed by atoms with Gasteiger partial charge in [0.05, 0.1) is 5.52 Å². The number of primary amides is 1. The highest BCUT2D eigenvalue weighted by molar-refractivity contribution is 5.97. The van der Waals surface area contributed by atoms with E-state index in [0.29, 0.717) is 10.9 Å². The van der Waals surface area contributed by atoms with Gasteiger partial charge in [-0.15, -0.1) is 0 Å². The third-order valence-electron chi connectivity index (χ3n) is 5.05. The van der Waals surface area contributed by atoms with Crippen LogP contribution in [-0.4, -0.2) is 15.5 Å². The lowest BCUT2D eigenvalue weighted by molar-refractivity contribution is 0.0999. The van der Waals surface area contributed by atoms with Crippen molar-refractivity contribution < 1.29 is 4.79 Å². The van der Waals surface area contributed by atoms with Crippen molar-refractivity contribution in [3.05, 3.63) is 94.0 Å². The van der Waals surface area contributed by atoms with Crippen molar-refractivity contribution in [2.24, 2.45) is 5.73 Å². The molecule has 0 aliphatic heterocycles. The quantitative estimate of drug-likeness (QED) is 0.597. The average molecular weight is 369 g/mol. The van der Waals surface area contributed by atoms with E-state index in [1.54, 1.807) is 18.5 Å². The van der Waals surface area contributed by atoms with Gasteiger partial charge in [0, 0.05) is 29.7 Å². The molecule has 2 N–H and O–H groups in total. The van der Waals surface area contributed by atoms with E-state index >= 15 is 0 Å². The summed E-state index contributed by atoms with van der Waals surface area (Å²) in [5, 5.41) is 0.451. The second-order valence-electron chi connectivity index (χ2n) is 6.84. The lowest BCUT2D eigenvalue weighted by atomic mass is 10.0. The first-order chi connectivity index (χ1) is 13.5. The standard InChI is InChI=1S/C23H19N3O2/c1-14-3-5-18(11-15(14)2)26-13-20(23(24)28)22(27)19-6-4-17(12-21(19)26)16-7-9-25-10-8-16/h3-13H,1-2H3,(H2,24,28). The Balaban J connectivity index is 2.07. The van der Waals surface area contributed by atoms with Crippen LogP contribution < -0.4 is 11.2 Å². The predicted molar refractivity (Wildman–Crippen MR) is 111 cm³/mol. The lowest BCUT2D eigenvalue weighted by Gasteiger charge is -2.15. The first-order valence-electron chi connectivity index (χ1n) is 8.93. The van der Waals surface area contributed by atoms with Gasteiger partial charge >= 0.3 is 0 Å². The SMILES string of the molecule is Cc1ccc(-n2cc(C(N)=O)c(=O)c3ccc(-c4ccncc4)cc32)cc1C. The minimum atomic E-state index is -0.734. The molecule has 138 valence electrons. The second-order valence-corrected chi connectivity index (χ2v) is 6.84. The third-order valence-corrected chi connectivity index (χ3v) is 5.05. The molecule has 0 spiro atoms. The van der Waals surface area contributed by atoms with Gasteiger partial charge in [-0.05, 0) is 72.5 Å². The van der Waals surface area contributed by atoms with Gasteiger partial charge in [0.15, 0.2) is 0 Å². The smallest absolute Gasteiger partial charge is 0.254 e. The minimum Gasteiger partial charge on any atom is -0.365 e. The van der Waals surface area contributed by atoms with Crippen LogP contribution in [0, 0.1) is 13.8 Å². The molecule has 5 heteroatoms. The number of carbonyl (C=O) groups is 1. The Morgan fingerprint density at radius 2 is 1.68 bits per heavy atom. The highest BCUT2D eigenvalue weighted by atomic mass is 16.2. The number of nitrogens with two attached hydrogens (primary N) is 1. The molecule has 1 amide bonds. The summed E-state index contributed by atoms with van der Waals surface area (Å²) >= 11 is 0. The van der Waals surface area contributed by atoms with E-state index in [-0.39, 0.29) is 11.0 Å². The van der Waals surface area contributed by atoms with Crippen molar-refractivity contribution in [3.8, 4) is 16.8 Å². The van der Waals surface area contributed by atoms with Crippen LogP contribution in [0.2, 0.25) is 0 Å². The zero-order valence-corrected chi connectivity index (χ0v) is 15.6. The second kappa shape index (κ2) is 6.78. The molecule has 0 saturated heterocycles. The maximum Gasteiger partial charge on any atom is 0.254 e. The minimum absolute atomic E-state index is 0.0256. The van der Waals surface area contributed by atoms with Gasteiger partial charge in [0.1, 0.15) is 5.56 Å². The third kappa shape index (κ3) is 2.97. The number of carbonyl (C=O) groups excluding carboxylic acids is 1.